The molecular formula is C11H20BrNO2S. The molecule has 2 aliphatic rings. The Bertz CT molecular complexity index is 345. The summed E-state index contributed by atoms with van der Waals surface area (Å²) in [5, 5.41) is 1.05. The van der Waals surface area contributed by atoms with Crippen LogP contribution in [0.15, 0.2) is 0 Å². The fraction of sp³-hybridized carbons (Fsp3) is 1.00. The van der Waals surface area contributed by atoms with Gasteiger partial charge < -0.3 is 0 Å². The standard InChI is InChI=1S/C11H20BrNO2S/c1-10-7-16(14,15)6-5-13(10)9-11(8-12)3-2-4-11/h10H,2-9H2,1H3. The molecule has 0 aromatic heterocycles. The van der Waals surface area contributed by atoms with E-state index in [9.17, 15) is 8.42 Å². The van der Waals surface area contributed by atoms with E-state index in [4.69, 9.17) is 0 Å². The molecule has 0 spiro atoms. The summed E-state index contributed by atoms with van der Waals surface area (Å²) in [6.45, 7) is 3.82. The summed E-state index contributed by atoms with van der Waals surface area (Å²) in [6, 6.07) is 0.190. The first kappa shape index (κ1) is 12.8. The zero-order valence-corrected chi connectivity index (χ0v) is 12.2. The molecule has 0 bridgehead atoms. The number of rotatable bonds is 3. The van der Waals surface area contributed by atoms with Crippen LogP contribution in [-0.4, -0.2) is 49.3 Å². The first-order chi connectivity index (χ1) is 7.46. The lowest BCUT2D eigenvalue weighted by molar-refractivity contribution is 0.0754. The van der Waals surface area contributed by atoms with Crippen molar-refractivity contribution >= 4 is 25.8 Å². The molecule has 16 heavy (non-hydrogen) atoms. The Kier molecular flexibility index (Phi) is 3.67. The predicted octanol–water partition coefficient (Wildman–Crippen LogP) is 1.67. The van der Waals surface area contributed by atoms with Crippen molar-refractivity contribution in [3.63, 3.8) is 0 Å². The van der Waals surface area contributed by atoms with Crippen LogP contribution >= 0.6 is 15.9 Å². The van der Waals surface area contributed by atoms with E-state index in [2.05, 4.69) is 20.8 Å². The molecule has 1 saturated carbocycles. The molecule has 0 N–H and O–H groups in total. The van der Waals surface area contributed by atoms with E-state index in [-0.39, 0.29) is 6.04 Å². The van der Waals surface area contributed by atoms with Crippen LogP contribution in [-0.2, 0) is 9.84 Å². The van der Waals surface area contributed by atoms with Gasteiger partial charge >= 0.3 is 0 Å². The molecule has 1 aliphatic heterocycles. The van der Waals surface area contributed by atoms with Crippen LogP contribution in [0.2, 0.25) is 0 Å². The molecule has 0 aromatic rings. The third-order valence-electron chi connectivity index (χ3n) is 4.04. The highest BCUT2D eigenvalue weighted by Gasteiger charge is 2.40. The molecule has 2 rings (SSSR count). The normalized spacial score (nSPS) is 33.2. The van der Waals surface area contributed by atoms with Gasteiger partial charge in [-0.3, -0.25) is 4.90 Å². The highest BCUT2D eigenvalue weighted by atomic mass is 79.9. The second-order valence-electron chi connectivity index (χ2n) is 5.42. The fourth-order valence-electron chi connectivity index (χ4n) is 2.71. The molecule has 0 amide bonds. The molecule has 1 heterocycles. The van der Waals surface area contributed by atoms with Crippen molar-refractivity contribution in [2.75, 3.05) is 29.9 Å². The second kappa shape index (κ2) is 4.58. The number of sulfone groups is 1. The molecule has 0 radical (unpaired) electrons. The first-order valence-corrected chi connectivity index (χ1v) is 8.91. The Balaban J connectivity index is 1.96. The molecule has 1 atom stereocenters. The molecule has 94 valence electrons. The minimum Gasteiger partial charge on any atom is -0.298 e. The van der Waals surface area contributed by atoms with Gasteiger partial charge in [-0.2, -0.15) is 0 Å². The summed E-state index contributed by atoms with van der Waals surface area (Å²) in [6.07, 6.45) is 3.90. The van der Waals surface area contributed by atoms with Gasteiger partial charge in [-0.15, -0.1) is 0 Å². The van der Waals surface area contributed by atoms with Crippen molar-refractivity contribution < 1.29 is 8.42 Å². The number of halogens is 1. The quantitative estimate of drug-likeness (QED) is 0.744. The fourth-order valence-corrected chi connectivity index (χ4v) is 5.07. The highest BCUT2D eigenvalue weighted by Crippen LogP contribution is 2.43. The summed E-state index contributed by atoms with van der Waals surface area (Å²) in [5.41, 5.74) is 0.426. The summed E-state index contributed by atoms with van der Waals surface area (Å²) >= 11 is 3.61. The smallest absolute Gasteiger partial charge is 0.153 e. The Morgan fingerprint density at radius 2 is 2.12 bits per heavy atom. The lowest BCUT2D eigenvalue weighted by atomic mass is 9.70. The van der Waals surface area contributed by atoms with E-state index < -0.39 is 9.84 Å². The Hall–Kier alpha value is 0.390. The minimum atomic E-state index is -2.77. The van der Waals surface area contributed by atoms with Gasteiger partial charge in [-0.25, -0.2) is 8.42 Å². The lowest BCUT2D eigenvalue weighted by Gasteiger charge is -2.46. The van der Waals surface area contributed by atoms with Crippen molar-refractivity contribution in [3.8, 4) is 0 Å². The Morgan fingerprint density at radius 3 is 2.56 bits per heavy atom. The van der Waals surface area contributed by atoms with Crippen LogP contribution in [0.5, 0.6) is 0 Å². The molecule has 1 saturated heterocycles. The van der Waals surface area contributed by atoms with Gasteiger partial charge in [0.1, 0.15) is 0 Å². The van der Waals surface area contributed by atoms with Crippen molar-refractivity contribution in [2.45, 2.75) is 32.2 Å². The van der Waals surface area contributed by atoms with E-state index in [0.29, 0.717) is 16.9 Å². The van der Waals surface area contributed by atoms with E-state index in [1.54, 1.807) is 0 Å². The number of nitrogens with zero attached hydrogens (tertiary/aromatic N) is 1. The molecule has 2 fully saturated rings. The van der Waals surface area contributed by atoms with Gasteiger partial charge in [0.25, 0.3) is 0 Å². The minimum absolute atomic E-state index is 0.190. The van der Waals surface area contributed by atoms with Gasteiger partial charge in [0, 0.05) is 24.5 Å². The SMILES string of the molecule is CC1CS(=O)(=O)CCN1CC1(CBr)CCC1. The maximum atomic E-state index is 11.5. The summed E-state index contributed by atoms with van der Waals surface area (Å²) in [5.74, 6) is 0.682. The Labute approximate surface area is 107 Å². The number of alkyl halides is 1. The molecule has 1 unspecified atom stereocenters. The van der Waals surface area contributed by atoms with Crippen LogP contribution < -0.4 is 0 Å². The third-order valence-corrected chi connectivity index (χ3v) is 7.03. The summed E-state index contributed by atoms with van der Waals surface area (Å²) in [4.78, 5) is 2.36. The van der Waals surface area contributed by atoms with Gasteiger partial charge in [0.15, 0.2) is 9.84 Å². The van der Waals surface area contributed by atoms with Crippen LogP contribution in [0, 0.1) is 5.41 Å². The average molecular weight is 310 g/mol. The topological polar surface area (TPSA) is 37.4 Å². The zero-order chi connectivity index (χ0) is 11.8. The monoisotopic (exact) mass is 309 g/mol. The first-order valence-electron chi connectivity index (χ1n) is 5.97. The second-order valence-corrected chi connectivity index (χ2v) is 8.21. The zero-order valence-electron chi connectivity index (χ0n) is 9.78. The van der Waals surface area contributed by atoms with Crippen molar-refractivity contribution in [2.24, 2.45) is 5.41 Å². The van der Waals surface area contributed by atoms with Gasteiger partial charge in [-0.05, 0) is 25.2 Å². The van der Waals surface area contributed by atoms with Crippen LogP contribution in [0.4, 0.5) is 0 Å². The van der Waals surface area contributed by atoms with Gasteiger partial charge in [0.2, 0.25) is 0 Å². The van der Waals surface area contributed by atoms with Crippen molar-refractivity contribution in [1.29, 1.82) is 0 Å². The maximum Gasteiger partial charge on any atom is 0.153 e. The van der Waals surface area contributed by atoms with Crippen LogP contribution in [0.1, 0.15) is 26.2 Å². The van der Waals surface area contributed by atoms with Crippen LogP contribution in [0.25, 0.3) is 0 Å². The number of hydrogen-bond acceptors (Lipinski definition) is 3. The lowest BCUT2D eigenvalue weighted by Crippen LogP contribution is -2.53. The molecular weight excluding hydrogens is 290 g/mol. The van der Waals surface area contributed by atoms with E-state index in [1.807, 2.05) is 6.92 Å². The van der Waals surface area contributed by atoms with E-state index in [0.717, 1.165) is 18.4 Å². The number of hydrogen-bond donors (Lipinski definition) is 0. The summed E-state index contributed by atoms with van der Waals surface area (Å²) < 4.78 is 23.0. The van der Waals surface area contributed by atoms with E-state index >= 15 is 0 Å². The van der Waals surface area contributed by atoms with Crippen molar-refractivity contribution in [1.82, 2.24) is 4.90 Å². The van der Waals surface area contributed by atoms with Crippen molar-refractivity contribution in [3.05, 3.63) is 0 Å². The largest absolute Gasteiger partial charge is 0.298 e. The molecule has 1 aliphatic carbocycles. The maximum absolute atomic E-state index is 11.5. The van der Waals surface area contributed by atoms with Crippen LogP contribution in [0.3, 0.4) is 0 Å². The summed E-state index contributed by atoms with van der Waals surface area (Å²) in [7, 11) is -2.77. The molecule has 5 heteroatoms. The molecule has 0 aromatic carbocycles. The van der Waals surface area contributed by atoms with Gasteiger partial charge in [0.05, 0.1) is 11.5 Å². The molecule has 3 nitrogen and oxygen atoms in total. The van der Waals surface area contributed by atoms with Gasteiger partial charge in [-0.1, -0.05) is 22.4 Å². The Morgan fingerprint density at radius 1 is 1.44 bits per heavy atom. The third kappa shape index (κ3) is 2.62. The average Bonchev–Trinajstić information content (AvgIpc) is 2.13. The predicted molar refractivity (Wildman–Crippen MR) is 69.8 cm³/mol. The highest BCUT2D eigenvalue weighted by molar-refractivity contribution is 9.09. The van der Waals surface area contributed by atoms with E-state index in [1.165, 1.54) is 19.3 Å².